The lowest BCUT2D eigenvalue weighted by Crippen LogP contribution is -2.44. The Bertz CT molecular complexity index is 1300. The summed E-state index contributed by atoms with van der Waals surface area (Å²) in [5, 5.41) is 12.9. The number of benzene rings is 1. The van der Waals surface area contributed by atoms with E-state index in [4.69, 9.17) is 5.73 Å². The van der Waals surface area contributed by atoms with Crippen molar-refractivity contribution in [3.05, 3.63) is 71.4 Å². The number of anilines is 1. The normalized spacial score (nSPS) is 22.8. The van der Waals surface area contributed by atoms with E-state index in [-0.39, 0.29) is 22.4 Å². The van der Waals surface area contributed by atoms with E-state index >= 15 is 0 Å². The second-order valence-corrected chi connectivity index (χ2v) is 10.3. The van der Waals surface area contributed by atoms with Gasteiger partial charge in [0.25, 0.3) is 5.91 Å². The van der Waals surface area contributed by atoms with E-state index in [2.05, 4.69) is 15.3 Å². The molecule has 0 bridgehead atoms. The van der Waals surface area contributed by atoms with Crippen molar-refractivity contribution in [3.63, 3.8) is 0 Å². The first-order valence-corrected chi connectivity index (χ1v) is 12.8. The van der Waals surface area contributed by atoms with E-state index in [0.717, 1.165) is 29.8 Å². The lowest BCUT2D eigenvalue weighted by Gasteiger charge is -2.36. The van der Waals surface area contributed by atoms with Crippen molar-refractivity contribution in [2.24, 2.45) is 11.7 Å². The molecule has 11 heteroatoms. The number of nitrogens with two attached hydrogens (primary N) is 1. The maximum Gasteiger partial charge on any atom is 0.274 e. The summed E-state index contributed by atoms with van der Waals surface area (Å²) in [4.78, 5) is 20.9. The average Bonchev–Trinajstić information content (AvgIpc) is 2.83. The van der Waals surface area contributed by atoms with Crippen molar-refractivity contribution in [3.8, 4) is 11.3 Å². The molecule has 1 aliphatic rings. The molecule has 0 spiro atoms. The molecule has 7 nitrogen and oxygen atoms in total. The van der Waals surface area contributed by atoms with E-state index in [0.29, 0.717) is 18.5 Å². The number of carbonyl (C=O) groups excluding carboxylic acids is 1. The van der Waals surface area contributed by atoms with Gasteiger partial charge in [-0.3, -0.25) is 14.0 Å². The number of carbonyl (C=O) groups is 1. The maximum absolute atomic E-state index is 14.6. The fourth-order valence-corrected chi connectivity index (χ4v) is 5.11. The van der Waals surface area contributed by atoms with Gasteiger partial charge >= 0.3 is 0 Å². The molecule has 2 heterocycles. The van der Waals surface area contributed by atoms with Crippen LogP contribution in [0.3, 0.4) is 0 Å². The highest BCUT2D eigenvalue weighted by Gasteiger charge is 2.34. The molecule has 1 fully saturated rings. The molecule has 4 rings (SSSR count). The number of amides is 1. The Kier molecular flexibility index (Phi) is 7.53. The van der Waals surface area contributed by atoms with Crippen LogP contribution in [0, 0.1) is 23.4 Å². The molecule has 0 saturated heterocycles. The zero-order chi connectivity index (χ0) is 26.1. The SMILES string of the molecule is C[C@H]1C[C@@H](c2ccncc2NC(=O)c2ccc(F)c(-c3c(F)cc([S@](C)=O)cc3F)n2)C[C@@H](N)[C@@H]1O. The van der Waals surface area contributed by atoms with Crippen molar-refractivity contribution in [1.29, 1.82) is 0 Å². The van der Waals surface area contributed by atoms with E-state index in [1.807, 2.05) is 6.92 Å². The number of aliphatic hydroxyl groups is 1. The maximum atomic E-state index is 14.6. The second kappa shape index (κ2) is 10.5. The molecule has 3 aromatic rings. The lowest BCUT2D eigenvalue weighted by atomic mass is 9.74. The molecule has 0 unspecified atom stereocenters. The van der Waals surface area contributed by atoms with Gasteiger partial charge in [0.2, 0.25) is 0 Å². The van der Waals surface area contributed by atoms with Gasteiger partial charge in [-0.1, -0.05) is 6.92 Å². The van der Waals surface area contributed by atoms with Gasteiger partial charge in [-0.05, 0) is 60.6 Å². The largest absolute Gasteiger partial charge is 0.391 e. The summed E-state index contributed by atoms with van der Waals surface area (Å²) < 4.78 is 55.4. The van der Waals surface area contributed by atoms with Crippen molar-refractivity contribution >= 4 is 22.4 Å². The molecule has 5 atom stereocenters. The van der Waals surface area contributed by atoms with Crippen LogP contribution in [0.25, 0.3) is 11.3 Å². The zero-order valence-corrected chi connectivity index (χ0v) is 20.4. The minimum absolute atomic E-state index is 0.0424. The fraction of sp³-hybridized carbons (Fsp3) is 0.320. The summed E-state index contributed by atoms with van der Waals surface area (Å²) in [5.74, 6) is -4.14. The third-order valence-corrected chi connectivity index (χ3v) is 7.34. The summed E-state index contributed by atoms with van der Waals surface area (Å²) in [6, 6.07) is 5.03. The van der Waals surface area contributed by atoms with Crippen molar-refractivity contribution in [1.82, 2.24) is 9.97 Å². The Balaban J connectivity index is 1.64. The Morgan fingerprint density at radius 2 is 1.83 bits per heavy atom. The molecular weight excluding hydrogens is 493 g/mol. The van der Waals surface area contributed by atoms with Crippen LogP contribution < -0.4 is 11.1 Å². The predicted octanol–water partition coefficient (Wildman–Crippen LogP) is 3.75. The van der Waals surface area contributed by atoms with E-state index < -0.39 is 57.6 Å². The molecule has 4 N–H and O–H groups in total. The van der Waals surface area contributed by atoms with Gasteiger partial charge in [0, 0.05) is 34.2 Å². The van der Waals surface area contributed by atoms with Gasteiger partial charge in [-0.2, -0.15) is 0 Å². The minimum atomic E-state index is -1.65. The first kappa shape index (κ1) is 25.9. The molecule has 1 aromatic carbocycles. The number of pyridine rings is 2. The predicted molar refractivity (Wildman–Crippen MR) is 129 cm³/mol. The Hall–Kier alpha value is -3.15. The summed E-state index contributed by atoms with van der Waals surface area (Å²) in [5.41, 5.74) is 5.55. The molecule has 1 aliphatic carbocycles. The van der Waals surface area contributed by atoms with Crippen molar-refractivity contribution in [2.75, 3.05) is 11.6 Å². The average molecular weight is 519 g/mol. The van der Waals surface area contributed by atoms with Gasteiger partial charge < -0.3 is 16.2 Å². The molecule has 0 aliphatic heterocycles. The van der Waals surface area contributed by atoms with Crippen LogP contribution in [0.15, 0.2) is 47.6 Å². The number of nitrogens with one attached hydrogen (secondary N) is 1. The number of hydrogen-bond acceptors (Lipinski definition) is 6. The topological polar surface area (TPSA) is 118 Å². The highest BCUT2D eigenvalue weighted by atomic mass is 32.2. The Labute approximate surface area is 208 Å². The number of hydrogen-bond donors (Lipinski definition) is 3. The van der Waals surface area contributed by atoms with Gasteiger partial charge in [0.1, 0.15) is 28.8 Å². The fourth-order valence-electron chi connectivity index (χ4n) is 4.57. The van der Waals surface area contributed by atoms with Crippen LogP contribution >= 0.6 is 0 Å². The minimum Gasteiger partial charge on any atom is -0.391 e. The molecule has 1 amide bonds. The molecule has 190 valence electrons. The third kappa shape index (κ3) is 5.18. The summed E-state index contributed by atoms with van der Waals surface area (Å²) in [7, 11) is -1.65. The van der Waals surface area contributed by atoms with Crippen LogP contribution in [0.1, 0.15) is 41.7 Å². The third-order valence-electron chi connectivity index (χ3n) is 6.44. The van der Waals surface area contributed by atoms with Crippen LogP contribution in [0.5, 0.6) is 0 Å². The van der Waals surface area contributed by atoms with Crippen LogP contribution in [-0.4, -0.2) is 43.6 Å². The number of aromatic nitrogens is 2. The van der Waals surface area contributed by atoms with Crippen LogP contribution in [-0.2, 0) is 10.8 Å². The monoisotopic (exact) mass is 518 g/mol. The van der Waals surface area contributed by atoms with Gasteiger partial charge in [0.05, 0.1) is 23.6 Å². The molecule has 0 radical (unpaired) electrons. The van der Waals surface area contributed by atoms with E-state index in [1.54, 1.807) is 12.3 Å². The Morgan fingerprint density at radius 1 is 1.14 bits per heavy atom. The van der Waals surface area contributed by atoms with E-state index in [1.165, 1.54) is 12.5 Å². The van der Waals surface area contributed by atoms with Crippen molar-refractivity contribution < 1.29 is 27.3 Å². The molecule has 36 heavy (non-hydrogen) atoms. The quantitative estimate of drug-likeness (QED) is 0.474. The van der Waals surface area contributed by atoms with Gasteiger partial charge in [-0.25, -0.2) is 18.2 Å². The first-order chi connectivity index (χ1) is 17.1. The first-order valence-electron chi connectivity index (χ1n) is 11.2. The molecule has 1 saturated carbocycles. The number of nitrogens with zero attached hydrogens (tertiary/aromatic N) is 2. The van der Waals surface area contributed by atoms with Gasteiger partial charge in [-0.15, -0.1) is 0 Å². The van der Waals surface area contributed by atoms with Crippen LogP contribution in [0.2, 0.25) is 0 Å². The zero-order valence-electron chi connectivity index (χ0n) is 19.5. The van der Waals surface area contributed by atoms with Crippen LogP contribution in [0.4, 0.5) is 18.9 Å². The standard InChI is InChI=1S/C25H25F3N4O3S/c1-12-7-13(8-19(29)24(12)33)15-5-6-30-11-21(15)32-25(34)20-4-3-16(26)23(31-20)22-17(27)9-14(36(2)35)10-18(22)28/h3-6,9-13,19,24,33H,7-8,29H2,1-2H3,(H,32,34)/t12-,13+,19+,24+,36-/m0/s1. The highest BCUT2D eigenvalue weighted by molar-refractivity contribution is 7.84. The second-order valence-electron chi connectivity index (χ2n) is 8.96. The molecular formula is C25H25F3N4O3S. The Morgan fingerprint density at radius 3 is 2.47 bits per heavy atom. The van der Waals surface area contributed by atoms with E-state index in [9.17, 15) is 27.3 Å². The summed E-state index contributed by atoms with van der Waals surface area (Å²) >= 11 is 0. The number of aliphatic hydroxyl groups excluding tert-OH is 1. The van der Waals surface area contributed by atoms with Crippen molar-refractivity contribution in [2.45, 2.75) is 42.7 Å². The number of rotatable bonds is 5. The lowest BCUT2D eigenvalue weighted by molar-refractivity contribution is 0.0521. The summed E-state index contributed by atoms with van der Waals surface area (Å²) in [6.45, 7) is 1.91. The highest BCUT2D eigenvalue weighted by Crippen LogP contribution is 2.38. The van der Waals surface area contributed by atoms with Gasteiger partial charge in [0.15, 0.2) is 0 Å². The molecule has 2 aromatic heterocycles. The number of halogens is 3. The summed E-state index contributed by atoms with van der Waals surface area (Å²) in [6.07, 6.45) is 4.84. The smallest absolute Gasteiger partial charge is 0.274 e.